The van der Waals surface area contributed by atoms with Crippen molar-refractivity contribution in [1.29, 1.82) is 0 Å². The highest BCUT2D eigenvalue weighted by Gasteiger charge is 2.50. The summed E-state index contributed by atoms with van der Waals surface area (Å²) < 4.78 is 38.1. The van der Waals surface area contributed by atoms with Crippen molar-refractivity contribution in [2.75, 3.05) is 19.8 Å². The highest BCUT2D eigenvalue weighted by molar-refractivity contribution is 5.78. The van der Waals surface area contributed by atoms with Crippen molar-refractivity contribution in [3.63, 3.8) is 0 Å². The van der Waals surface area contributed by atoms with Crippen LogP contribution in [0.2, 0.25) is 0 Å². The molecule has 2 atom stereocenters. The monoisotopic (exact) mass is 501 g/mol. The van der Waals surface area contributed by atoms with Gasteiger partial charge in [-0.05, 0) is 65.4 Å². The fourth-order valence-corrected chi connectivity index (χ4v) is 5.32. The number of ether oxygens (including phenoxy) is 4. The maximum absolute atomic E-state index is 14.9. The molecule has 1 aliphatic carbocycles. The second-order valence-corrected chi connectivity index (χ2v) is 11.6. The molecular weight excluding hydrogens is 465 g/mol. The van der Waals surface area contributed by atoms with Crippen molar-refractivity contribution >= 4 is 17.1 Å². The van der Waals surface area contributed by atoms with E-state index in [2.05, 4.69) is 22.2 Å². The Balaban J connectivity index is 1.24. The molecule has 9 heteroatoms. The third kappa shape index (κ3) is 5.27. The van der Waals surface area contributed by atoms with Gasteiger partial charge >= 0.3 is 6.09 Å². The van der Waals surface area contributed by atoms with Crippen molar-refractivity contribution in [3.8, 4) is 5.88 Å². The van der Waals surface area contributed by atoms with Crippen molar-refractivity contribution in [1.82, 2.24) is 15.3 Å². The van der Waals surface area contributed by atoms with Gasteiger partial charge in [0.2, 0.25) is 5.88 Å². The molecule has 0 unspecified atom stereocenters. The molecule has 2 aromatic rings. The molecule has 36 heavy (non-hydrogen) atoms. The van der Waals surface area contributed by atoms with Crippen LogP contribution in [-0.2, 0) is 20.6 Å². The molecule has 1 saturated carbocycles. The first-order chi connectivity index (χ1) is 17.1. The summed E-state index contributed by atoms with van der Waals surface area (Å²) in [5, 5.41) is 3.05. The van der Waals surface area contributed by atoms with Crippen LogP contribution in [0, 0.1) is 11.7 Å². The van der Waals surface area contributed by atoms with Gasteiger partial charge in [0.1, 0.15) is 18.0 Å². The molecule has 2 bridgehead atoms. The Morgan fingerprint density at radius 2 is 2.03 bits per heavy atom. The molecule has 0 spiro atoms. The van der Waals surface area contributed by atoms with Crippen LogP contribution in [-0.4, -0.2) is 58.7 Å². The van der Waals surface area contributed by atoms with Crippen LogP contribution in [0.1, 0.15) is 65.4 Å². The Morgan fingerprint density at radius 3 is 2.64 bits per heavy atom. The first-order valence-corrected chi connectivity index (χ1v) is 12.9. The zero-order chi connectivity index (χ0) is 25.6. The number of pyridine rings is 2. The average Bonchev–Trinajstić information content (AvgIpc) is 2.82. The number of halogens is 1. The first-order valence-electron chi connectivity index (χ1n) is 12.9. The first kappa shape index (κ1) is 25.1. The lowest BCUT2D eigenvalue weighted by atomic mass is 9.69. The highest BCUT2D eigenvalue weighted by atomic mass is 19.1. The van der Waals surface area contributed by atoms with Crippen LogP contribution < -0.4 is 10.1 Å². The van der Waals surface area contributed by atoms with Crippen LogP contribution >= 0.6 is 0 Å². The van der Waals surface area contributed by atoms with Gasteiger partial charge < -0.3 is 24.3 Å². The normalized spacial score (nSPS) is 29.6. The molecule has 4 fully saturated rings. The smallest absolute Gasteiger partial charge is 0.408 e. The van der Waals surface area contributed by atoms with Gasteiger partial charge in [-0.15, -0.1) is 0 Å². The lowest BCUT2D eigenvalue weighted by Crippen LogP contribution is -2.63. The third-order valence-corrected chi connectivity index (χ3v) is 7.71. The van der Waals surface area contributed by atoms with E-state index in [9.17, 15) is 9.18 Å². The van der Waals surface area contributed by atoms with Gasteiger partial charge in [-0.25, -0.2) is 14.2 Å². The van der Waals surface area contributed by atoms with Crippen molar-refractivity contribution in [3.05, 3.63) is 29.7 Å². The maximum Gasteiger partial charge on any atom is 0.408 e. The minimum atomic E-state index is -0.547. The summed E-state index contributed by atoms with van der Waals surface area (Å²) >= 11 is 0. The Labute approximate surface area is 211 Å². The van der Waals surface area contributed by atoms with Crippen LogP contribution in [0.15, 0.2) is 18.3 Å². The van der Waals surface area contributed by atoms with E-state index in [1.807, 2.05) is 26.8 Å². The van der Waals surface area contributed by atoms with Gasteiger partial charge in [-0.3, -0.25) is 4.98 Å². The van der Waals surface area contributed by atoms with Gasteiger partial charge in [-0.1, -0.05) is 6.92 Å². The molecular formula is C27H36FN3O5. The van der Waals surface area contributed by atoms with E-state index in [0.29, 0.717) is 54.5 Å². The van der Waals surface area contributed by atoms with Crippen molar-refractivity contribution in [2.24, 2.45) is 5.92 Å². The molecule has 196 valence electrons. The van der Waals surface area contributed by atoms with E-state index in [1.54, 1.807) is 6.07 Å². The van der Waals surface area contributed by atoms with Gasteiger partial charge in [0.15, 0.2) is 0 Å². The summed E-state index contributed by atoms with van der Waals surface area (Å²) in [6, 6.07) is 3.58. The topological polar surface area (TPSA) is 91.8 Å². The molecule has 0 radical (unpaired) electrons. The van der Waals surface area contributed by atoms with E-state index in [1.165, 1.54) is 6.20 Å². The Kier molecular flexibility index (Phi) is 6.57. The van der Waals surface area contributed by atoms with Crippen molar-refractivity contribution < 1.29 is 28.1 Å². The van der Waals surface area contributed by atoms with Crippen LogP contribution in [0.25, 0.3) is 11.0 Å². The number of aryl methyl sites for hydroxylation is 1. The number of carbonyl (C=O) groups is 1. The lowest BCUT2D eigenvalue weighted by Gasteiger charge is -2.53. The summed E-state index contributed by atoms with van der Waals surface area (Å²) in [7, 11) is 0. The van der Waals surface area contributed by atoms with Crippen LogP contribution in [0.3, 0.4) is 0 Å². The molecule has 3 saturated heterocycles. The minimum absolute atomic E-state index is 0.0679. The number of nitrogens with zero attached hydrogens (tertiary/aromatic N) is 2. The fraction of sp³-hybridized carbons (Fsp3) is 0.667. The van der Waals surface area contributed by atoms with E-state index in [4.69, 9.17) is 18.9 Å². The number of rotatable bonds is 7. The predicted octanol–water partition coefficient (Wildman–Crippen LogP) is 4.72. The molecule has 1 amide bonds. The maximum atomic E-state index is 14.9. The molecule has 0 aromatic carbocycles. The predicted molar refractivity (Wildman–Crippen MR) is 131 cm³/mol. The molecule has 3 aliphatic heterocycles. The molecule has 6 rings (SSSR count). The second-order valence-electron chi connectivity index (χ2n) is 11.6. The van der Waals surface area contributed by atoms with Gasteiger partial charge in [0, 0.05) is 17.5 Å². The number of hydrogen-bond donors (Lipinski definition) is 1. The number of hydrogen-bond acceptors (Lipinski definition) is 7. The number of amides is 1. The fourth-order valence-electron chi connectivity index (χ4n) is 5.32. The van der Waals surface area contributed by atoms with Crippen LogP contribution in [0.4, 0.5) is 9.18 Å². The van der Waals surface area contributed by atoms with E-state index < -0.39 is 17.2 Å². The molecule has 5 heterocycles. The lowest BCUT2D eigenvalue weighted by molar-refractivity contribution is -0.163. The largest absolute Gasteiger partial charge is 0.475 e. The number of alkyl carbamates (subject to hydrolysis) is 1. The zero-order valence-corrected chi connectivity index (χ0v) is 21.6. The minimum Gasteiger partial charge on any atom is -0.475 e. The quantitative estimate of drug-likeness (QED) is 0.587. The Hall–Kier alpha value is -2.52. The summed E-state index contributed by atoms with van der Waals surface area (Å²) in [6.45, 7) is 9.28. The zero-order valence-electron chi connectivity index (χ0n) is 21.6. The van der Waals surface area contributed by atoms with E-state index in [-0.39, 0.29) is 17.5 Å². The summed E-state index contributed by atoms with van der Waals surface area (Å²) in [4.78, 5) is 21.2. The van der Waals surface area contributed by atoms with Crippen molar-refractivity contribution in [2.45, 2.75) is 89.1 Å². The van der Waals surface area contributed by atoms with Gasteiger partial charge in [-0.2, -0.15) is 0 Å². The van der Waals surface area contributed by atoms with Crippen LogP contribution in [0.5, 0.6) is 5.88 Å². The summed E-state index contributed by atoms with van der Waals surface area (Å²) in [5.74, 6) is 0.539. The molecule has 2 aromatic heterocycles. The molecule has 4 aliphatic rings. The SMILES string of the molecule is C[C@H]1CO[C@@H]1COc1ccc2ncc(F)c(CCC34CCC(NC(=O)OC(C)(C)C)(CC3)CO4)c2n1. The van der Waals surface area contributed by atoms with E-state index in [0.717, 1.165) is 32.3 Å². The second kappa shape index (κ2) is 9.41. The number of carbonyl (C=O) groups excluding carboxylic acids is 1. The highest BCUT2D eigenvalue weighted by Crippen LogP contribution is 2.46. The third-order valence-electron chi connectivity index (χ3n) is 7.71. The van der Waals surface area contributed by atoms with Gasteiger partial charge in [0.05, 0.1) is 47.7 Å². The number of fused-ring (bicyclic) bond motifs is 4. The van der Waals surface area contributed by atoms with E-state index >= 15 is 0 Å². The Bertz CT molecular complexity index is 1110. The molecule has 8 nitrogen and oxygen atoms in total. The molecule has 1 N–H and O–H groups in total. The number of aromatic nitrogens is 2. The summed E-state index contributed by atoms with van der Waals surface area (Å²) in [5.41, 5.74) is 0.427. The standard InChI is InChI=1S/C27H36FN3O5/c1-17-14-33-21(17)15-34-22-6-5-20-23(30-22)18(19(28)13-29-20)7-8-27-11-9-26(10-12-27,16-35-27)31-24(32)36-25(2,3)4/h5-6,13,17,21H,7-12,14-16H2,1-4H3,(H,31,32)/t17-,21+,26?,27?/m0/s1. The van der Waals surface area contributed by atoms with Gasteiger partial charge in [0.25, 0.3) is 0 Å². The average molecular weight is 502 g/mol. The Morgan fingerprint density at radius 1 is 1.25 bits per heavy atom. The number of nitrogens with one attached hydrogen (secondary N) is 1. The summed E-state index contributed by atoms with van der Waals surface area (Å²) in [6.07, 6.45) is 5.30.